The van der Waals surface area contributed by atoms with Gasteiger partial charge in [0.05, 0.1) is 11.6 Å². The Morgan fingerprint density at radius 1 is 1.07 bits per heavy atom. The van der Waals surface area contributed by atoms with Crippen LogP contribution < -0.4 is 21.5 Å². The van der Waals surface area contributed by atoms with Crippen molar-refractivity contribution in [3.8, 4) is 11.3 Å². The van der Waals surface area contributed by atoms with Crippen molar-refractivity contribution >= 4 is 17.5 Å². The molecular formula is C18H16N6O3. The molecule has 1 aromatic carbocycles. The summed E-state index contributed by atoms with van der Waals surface area (Å²) in [6, 6.07) is 12.8. The monoisotopic (exact) mass is 364 g/mol. The molecule has 0 spiro atoms. The molecule has 27 heavy (non-hydrogen) atoms. The number of nitrogens with zero attached hydrogens (tertiary/aromatic N) is 3. The number of benzene rings is 1. The summed E-state index contributed by atoms with van der Waals surface area (Å²) in [5, 5.41) is 2.56. The van der Waals surface area contributed by atoms with E-state index in [1.165, 1.54) is 6.33 Å². The zero-order chi connectivity index (χ0) is 18.8. The number of hydrogen-bond donors (Lipinski definition) is 3. The first-order valence-electron chi connectivity index (χ1n) is 8.35. The SMILES string of the molecule is O=C(Nc1cc(=O)[nH]c(=O)[nH]1)C1CN(c2cc(-c3ccccc3)ncn2)C1. The molecular weight excluding hydrogens is 348 g/mol. The molecule has 1 aliphatic rings. The van der Waals surface area contributed by atoms with Crippen molar-refractivity contribution in [1.82, 2.24) is 19.9 Å². The van der Waals surface area contributed by atoms with Crippen LogP contribution in [0.1, 0.15) is 0 Å². The Kier molecular flexibility index (Phi) is 4.25. The molecule has 9 heteroatoms. The second-order valence-electron chi connectivity index (χ2n) is 6.22. The Hall–Kier alpha value is -3.75. The third kappa shape index (κ3) is 3.61. The highest BCUT2D eigenvalue weighted by molar-refractivity contribution is 5.93. The molecule has 1 fully saturated rings. The molecule has 3 N–H and O–H groups in total. The summed E-state index contributed by atoms with van der Waals surface area (Å²) in [6.07, 6.45) is 1.51. The smallest absolute Gasteiger partial charge is 0.327 e. The summed E-state index contributed by atoms with van der Waals surface area (Å²) in [5.41, 5.74) is 0.574. The Morgan fingerprint density at radius 3 is 2.59 bits per heavy atom. The summed E-state index contributed by atoms with van der Waals surface area (Å²) in [6.45, 7) is 0.981. The molecule has 2 aromatic heterocycles. The minimum atomic E-state index is -0.664. The number of carbonyl (C=O) groups excluding carboxylic acids is 1. The Labute approximate surface area is 153 Å². The maximum Gasteiger partial charge on any atom is 0.327 e. The Morgan fingerprint density at radius 2 is 1.85 bits per heavy atom. The molecule has 0 saturated carbocycles. The quantitative estimate of drug-likeness (QED) is 0.623. The molecule has 0 atom stereocenters. The lowest BCUT2D eigenvalue weighted by molar-refractivity contribution is -0.120. The molecule has 9 nitrogen and oxygen atoms in total. The van der Waals surface area contributed by atoms with Crippen molar-refractivity contribution in [3.63, 3.8) is 0 Å². The molecule has 0 bridgehead atoms. The van der Waals surface area contributed by atoms with Gasteiger partial charge in [0.2, 0.25) is 5.91 Å². The first-order valence-corrected chi connectivity index (χ1v) is 8.35. The minimum absolute atomic E-state index is 0.0839. The van der Waals surface area contributed by atoms with Gasteiger partial charge in [0, 0.05) is 30.8 Å². The van der Waals surface area contributed by atoms with E-state index in [1.54, 1.807) is 0 Å². The van der Waals surface area contributed by atoms with Gasteiger partial charge in [-0.2, -0.15) is 0 Å². The number of anilines is 2. The van der Waals surface area contributed by atoms with Gasteiger partial charge >= 0.3 is 5.69 Å². The zero-order valence-corrected chi connectivity index (χ0v) is 14.2. The molecule has 0 unspecified atom stereocenters. The lowest BCUT2D eigenvalue weighted by Gasteiger charge is -2.39. The molecule has 0 aliphatic carbocycles. The zero-order valence-electron chi connectivity index (χ0n) is 14.2. The highest BCUT2D eigenvalue weighted by Gasteiger charge is 2.33. The van der Waals surface area contributed by atoms with Crippen molar-refractivity contribution in [2.75, 3.05) is 23.3 Å². The van der Waals surface area contributed by atoms with Gasteiger partial charge < -0.3 is 10.2 Å². The number of rotatable bonds is 4. The van der Waals surface area contributed by atoms with E-state index < -0.39 is 11.2 Å². The van der Waals surface area contributed by atoms with E-state index in [4.69, 9.17) is 0 Å². The van der Waals surface area contributed by atoms with Crippen LogP contribution in [0.4, 0.5) is 11.6 Å². The molecule has 1 amide bonds. The van der Waals surface area contributed by atoms with Crippen molar-refractivity contribution in [1.29, 1.82) is 0 Å². The summed E-state index contributed by atoms with van der Waals surface area (Å²) >= 11 is 0. The fourth-order valence-corrected chi connectivity index (χ4v) is 2.89. The number of amides is 1. The molecule has 1 saturated heterocycles. The number of nitrogens with one attached hydrogen (secondary N) is 3. The predicted octanol–water partition coefficient (Wildman–Crippen LogP) is 0.595. The summed E-state index contributed by atoms with van der Waals surface area (Å²) in [7, 11) is 0. The van der Waals surface area contributed by atoms with E-state index in [0.717, 1.165) is 23.1 Å². The predicted molar refractivity (Wildman–Crippen MR) is 99.5 cm³/mol. The van der Waals surface area contributed by atoms with Crippen molar-refractivity contribution < 1.29 is 4.79 Å². The first kappa shape index (κ1) is 16.7. The van der Waals surface area contributed by atoms with Crippen molar-refractivity contribution in [2.45, 2.75) is 0 Å². The van der Waals surface area contributed by atoms with Gasteiger partial charge in [-0.05, 0) is 0 Å². The third-order valence-corrected chi connectivity index (χ3v) is 4.32. The lowest BCUT2D eigenvalue weighted by Crippen LogP contribution is -2.52. The number of H-pyrrole nitrogens is 2. The largest absolute Gasteiger partial charge is 0.355 e. The van der Waals surface area contributed by atoms with Crippen LogP contribution in [0.2, 0.25) is 0 Å². The van der Waals surface area contributed by atoms with E-state index in [-0.39, 0.29) is 17.6 Å². The van der Waals surface area contributed by atoms with E-state index in [1.807, 2.05) is 46.3 Å². The van der Waals surface area contributed by atoms with E-state index in [0.29, 0.717) is 13.1 Å². The first-order chi connectivity index (χ1) is 13.1. The van der Waals surface area contributed by atoms with Gasteiger partial charge in [0.15, 0.2) is 0 Å². The van der Waals surface area contributed by atoms with Crippen LogP contribution in [-0.4, -0.2) is 38.9 Å². The van der Waals surface area contributed by atoms with Crippen molar-refractivity contribution in [3.05, 3.63) is 69.6 Å². The van der Waals surface area contributed by atoms with Gasteiger partial charge in [0.25, 0.3) is 5.56 Å². The topological polar surface area (TPSA) is 124 Å². The number of aromatic nitrogens is 4. The number of hydrogen-bond acceptors (Lipinski definition) is 6. The maximum absolute atomic E-state index is 12.3. The summed E-state index contributed by atoms with van der Waals surface area (Å²) in [4.78, 5) is 49.8. The van der Waals surface area contributed by atoms with Gasteiger partial charge in [-0.15, -0.1) is 0 Å². The molecule has 3 heterocycles. The summed E-state index contributed by atoms with van der Waals surface area (Å²) in [5.74, 6) is 0.311. The van der Waals surface area contributed by atoms with E-state index in [2.05, 4.69) is 20.3 Å². The fourth-order valence-electron chi connectivity index (χ4n) is 2.89. The lowest BCUT2D eigenvalue weighted by atomic mass is 9.99. The maximum atomic E-state index is 12.3. The minimum Gasteiger partial charge on any atom is -0.355 e. The van der Waals surface area contributed by atoms with E-state index >= 15 is 0 Å². The summed E-state index contributed by atoms with van der Waals surface area (Å²) < 4.78 is 0. The van der Waals surface area contributed by atoms with Crippen LogP contribution in [0.15, 0.2) is 58.4 Å². The fraction of sp³-hybridized carbons (Fsp3) is 0.167. The average Bonchev–Trinajstić information content (AvgIpc) is 2.60. The Balaban J connectivity index is 1.41. The molecule has 1 aliphatic heterocycles. The number of carbonyl (C=O) groups is 1. The van der Waals surface area contributed by atoms with Gasteiger partial charge in [0.1, 0.15) is 18.0 Å². The van der Waals surface area contributed by atoms with Gasteiger partial charge in [-0.1, -0.05) is 30.3 Å². The van der Waals surface area contributed by atoms with Crippen LogP contribution >= 0.6 is 0 Å². The van der Waals surface area contributed by atoms with Crippen LogP contribution in [-0.2, 0) is 4.79 Å². The molecule has 0 radical (unpaired) electrons. The Bertz CT molecular complexity index is 1060. The number of aromatic amines is 2. The second kappa shape index (κ2) is 6.87. The van der Waals surface area contributed by atoms with Crippen LogP contribution in [0.3, 0.4) is 0 Å². The van der Waals surface area contributed by atoms with Gasteiger partial charge in [-0.25, -0.2) is 14.8 Å². The van der Waals surface area contributed by atoms with Gasteiger partial charge in [-0.3, -0.25) is 19.6 Å². The highest BCUT2D eigenvalue weighted by Crippen LogP contribution is 2.26. The standard InChI is InChI=1S/C18H16N6O3/c25-16-7-14(22-18(27)23-16)21-17(26)12-8-24(9-12)15-6-13(19-10-20-15)11-4-2-1-3-5-11/h1-7,10,12H,8-9H2,(H3,21,22,23,25,26,27). The average molecular weight is 364 g/mol. The second-order valence-corrected chi connectivity index (χ2v) is 6.22. The normalized spacial score (nSPS) is 13.9. The molecule has 136 valence electrons. The molecule has 4 rings (SSSR count). The highest BCUT2D eigenvalue weighted by atomic mass is 16.2. The van der Waals surface area contributed by atoms with E-state index in [9.17, 15) is 14.4 Å². The third-order valence-electron chi connectivity index (χ3n) is 4.32. The van der Waals surface area contributed by atoms with Crippen molar-refractivity contribution in [2.24, 2.45) is 5.92 Å². The van der Waals surface area contributed by atoms with Crippen LogP contribution in [0, 0.1) is 5.92 Å². The van der Waals surface area contributed by atoms with Crippen LogP contribution in [0.5, 0.6) is 0 Å². The molecule has 3 aromatic rings. The van der Waals surface area contributed by atoms with Crippen LogP contribution in [0.25, 0.3) is 11.3 Å².